The van der Waals surface area contributed by atoms with Gasteiger partial charge in [-0.05, 0) is 35.9 Å². The minimum Gasteiger partial charge on any atom is -0.493 e. The molecule has 0 N–H and O–H groups in total. The number of ether oxygens (including phenoxy) is 3. The van der Waals surface area contributed by atoms with Crippen molar-refractivity contribution in [2.45, 2.75) is 6.61 Å². The van der Waals surface area contributed by atoms with Crippen molar-refractivity contribution in [3.8, 4) is 17.2 Å². The lowest BCUT2D eigenvalue weighted by Gasteiger charge is -2.14. The zero-order valence-corrected chi connectivity index (χ0v) is 14.3. The molecule has 1 heterocycles. The number of thiophene rings is 1. The molecule has 0 saturated heterocycles. The molecule has 0 unspecified atom stereocenters. The minimum absolute atomic E-state index is 0.0703. The van der Waals surface area contributed by atoms with Crippen molar-refractivity contribution < 1.29 is 27.8 Å². The van der Waals surface area contributed by atoms with Crippen LogP contribution in [0.3, 0.4) is 0 Å². The quantitative estimate of drug-likeness (QED) is 0.510. The van der Waals surface area contributed by atoms with Gasteiger partial charge in [0.25, 0.3) is 0 Å². The first-order chi connectivity index (χ1) is 11.4. The molecule has 4 nitrogen and oxygen atoms in total. The molecule has 0 fully saturated rings. The van der Waals surface area contributed by atoms with Gasteiger partial charge < -0.3 is 14.2 Å². The zero-order chi connectivity index (χ0) is 17.7. The number of benzene rings is 1. The average molecular weight is 375 g/mol. The van der Waals surface area contributed by atoms with E-state index in [-0.39, 0.29) is 23.0 Å². The molecule has 2 rings (SSSR count). The van der Waals surface area contributed by atoms with Crippen molar-refractivity contribution in [1.82, 2.24) is 0 Å². The van der Waals surface area contributed by atoms with E-state index in [0.717, 1.165) is 0 Å². The molecule has 0 atom stereocenters. The van der Waals surface area contributed by atoms with Crippen molar-refractivity contribution in [3.05, 3.63) is 45.1 Å². The predicted octanol–water partition coefficient (Wildman–Crippen LogP) is 4.92. The number of alkyl halides is 2. The SMILES string of the molecule is COc1cc(/C=C/C(=O)c2ccc(Cl)s2)cc(OC)c1OC(F)F. The van der Waals surface area contributed by atoms with E-state index in [1.807, 2.05) is 0 Å². The Hall–Kier alpha value is -2.12. The standard InChI is InChI=1S/C16H13ClF2O4S/c1-21-11-7-9(8-12(22-2)15(11)23-16(18)19)3-4-10(20)13-5-6-14(17)24-13/h3-8,16H,1-2H3/b4-3+. The third-order valence-electron chi connectivity index (χ3n) is 2.93. The zero-order valence-electron chi connectivity index (χ0n) is 12.7. The van der Waals surface area contributed by atoms with Gasteiger partial charge in [-0.25, -0.2) is 0 Å². The molecule has 2 aromatic rings. The number of carbonyl (C=O) groups excluding carboxylic acids is 1. The summed E-state index contributed by atoms with van der Waals surface area (Å²) in [7, 11) is 2.64. The van der Waals surface area contributed by atoms with Crippen LogP contribution in [0.25, 0.3) is 6.08 Å². The van der Waals surface area contributed by atoms with Crippen molar-refractivity contribution >= 4 is 34.8 Å². The summed E-state index contributed by atoms with van der Waals surface area (Å²) in [5.74, 6) is -0.289. The fraction of sp³-hybridized carbons (Fsp3) is 0.188. The van der Waals surface area contributed by atoms with Crippen molar-refractivity contribution in [3.63, 3.8) is 0 Å². The van der Waals surface area contributed by atoms with Gasteiger partial charge in [-0.3, -0.25) is 4.79 Å². The van der Waals surface area contributed by atoms with Crippen LogP contribution in [0.4, 0.5) is 8.78 Å². The molecule has 0 aliphatic heterocycles. The van der Waals surface area contributed by atoms with E-state index < -0.39 is 6.61 Å². The highest BCUT2D eigenvalue weighted by Gasteiger charge is 2.17. The molecule has 0 saturated carbocycles. The highest BCUT2D eigenvalue weighted by molar-refractivity contribution is 7.18. The summed E-state index contributed by atoms with van der Waals surface area (Å²) >= 11 is 6.96. The summed E-state index contributed by atoms with van der Waals surface area (Å²) in [6.07, 6.45) is 2.87. The van der Waals surface area contributed by atoms with Gasteiger partial charge in [0.15, 0.2) is 17.3 Å². The number of halogens is 3. The Bertz CT molecular complexity index is 733. The number of hydrogen-bond acceptors (Lipinski definition) is 5. The van der Waals surface area contributed by atoms with Gasteiger partial charge in [0.2, 0.25) is 5.75 Å². The summed E-state index contributed by atoms with van der Waals surface area (Å²) in [6, 6.07) is 6.19. The highest BCUT2D eigenvalue weighted by Crippen LogP contribution is 2.39. The lowest BCUT2D eigenvalue weighted by molar-refractivity contribution is -0.0526. The average Bonchev–Trinajstić information content (AvgIpc) is 2.99. The van der Waals surface area contributed by atoms with E-state index in [0.29, 0.717) is 14.8 Å². The topological polar surface area (TPSA) is 44.8 Å². The van der Waals surface area contributed by atoms with Gasteiger partial charge in [0.1, 0.15) is 0 Å². The number of hydrogen-bond donors (Lipinski definition) is 0. The second kappa shape index (κ2) is 8.12. The smallest absolute Gasteiger partial charge is 0.387 e. The normalized spacial score (nSPS) is 11.1. The second-order valence-electron chi connectivity index (χ2n) is 4.43. The van der Waals surface area contributed by atoms with E-state index in [1.165, 1.54) is 49.8 Å². The van der Waals surface area contributed by atoms with Crippen molar-refractivity contribution in [2.75, 3.05) is 14.2 Å². The van der Waals surface area contributed by atoms with E-state index in [2.05, 4.69) is 4.74 Å². The molecule has 0 radical (unpaired) electrons. The Morgan fingerprint density at radius 3 is 2.29 bits per heavy atom. The van der Waals surface area contributed by atoms with Crippen molar-refractivity contribution in [2.24, 2.45) is 0 Å². The molecule has 0 aliphatic rings. The second-order valence-corrected chi connectivity index (χ2v) is 6.15. The summed E-state index contributed by atoms with van der Waals surface area (Å²) in [4.78, 5) is 12.5. The van der Waals surface area contributed by atoms with Gasteiger partial charge in [-0.1, -0.05) is 17.7 Å². The van der Waals surface area contributed by atoms with Gasteiger partial charge in [0, 0.05) is 0 Å². The molecule has 24 heavy (non-hydrogen) atoms. The Labute approximate surface area is 146 Å². The number of allylic oxidation sites excluding steroid dienone is 1. The Morgan fingerprint density at radius 2 is 1.83 bits per heavy atom. The maximum Gasteiger partial charge on any atom is 0.387 e. The Balaban J connectivity index is 2.30. The molecule has 0 aliphatic carbocycles. The van der Waals surface area contributed by atoms with Crippen LogP contribution in [-0.2, 0) is 0 Å². The van der Waals surface area contributed by atoms with Crippen LogP contribution in [0.1, 0.15) is 15.2 Å². The molecular formula is C16H13ClF2O4S. The van der Waals surface area contributed by atoms with E-state index in [4.69, 9.17) is 21.1 Å². The third kappa shape index (κ3) is 4.46. The molecule has 0 spiro atoms. The predicted molar refractivity (Wildman–Crippen MR) is 88.9 cm³/mol. The van der Waals surface area contributed by atoms with E-state index in [1.54, 1.807) is 12.1 Å². The molecule has 0 amide bonds. The van der Waals surface area contributed by atoms with Gasteiger partial charge in [0.05, 0.1) is 23.4 Å². The first-order valence-electron chi connectivity index (χ1n) is 6.63. The van der Waals surface area contributed by atoms with Crippen LogP contribution in [0, 0.1) is 0 Å². The molecule has 1 aromatic carbocycles. The molecular weight excluding hydrogens is 362 g/mol. The molecule has 0 bridgehead atoms. The fourth-order valence-corrected chi connectivity index (χ4v) is 2.87. The van der Waals surface area contributed by atoms with Crippen molar-refractivity contribution in [1.29, 1.82) is 0 Å². The number of carbonyl (C=O) groups is 1. The van der Waals surface area contributed by atoms with Crippen LogP contribution in [0.15, 0.2) is 30.3 Å². The third-order valence-corrected chi connectivity index (χ3v) is 4.18. The fourth-order valence-electron chi connectivity index (χ4n) is 1.90. The van der Waals surface area contributed by atoms with Crippen LogP contribution < -0.4 is 14.2 Å². The molecule has 8 heteroatoms. The lowest BCUT2D eigenvalue weighted by atomic mass is 10.1. The summed E-state index contributed by atoms with van der Waals surface area (Å²) in [5, 5.41) is 0. The summed E-state index contributed by atoms with van der Waals surface area (Å²) < 4.78 is 40.0. The van der Waals surface area contributed by atoms with Crippen LogP contribution in [-0.4, -0.2) is 26.6 Å². The van der Waals surface area contributed by atoms with Crippen LogP contribution in [0.2, 0.25) is 4.34 Å². The minimum atomic E-state index is -3.01. The first kappa shape index (κ1) is 18.2. The van der Waals surface area contributed by atoms with Gasteiger partial charge >= 0.3 is 6.61 Å². The Kier molecular flexibility index (Phi) is 6.16. The number of methoxy groups -OCH3 is 2. The van der Waals surface area contributed by atoms with Gasteiger partial charge in [-0.15, -0.1) is 11.3 Å². The highest BCUT2D eigenvalue weighted by atomic mass is 35.5. The summed E-state index contributed by atoms with van der Waals surface area (Å²) in [5.41, 5.74) is 0.529. The first-order valence-corrected chi connectivity index (χ1v) is 7.82. The Morgan fingerprint density at radius 1 is 1.21 bits per heavy atom. The largest absolute Gasteiger partial charge is 0.493 e. The van der Waals surface area contributed by atoms with Crippen LogP contribution >= 0.6 is 22.9 Å². The molecule has 1 aromatic heterocycles. The molecule has 128 valence electrons. The lowest BCUT2D eigenvalue weighted by Crippen LogP contribution is -2.05. The van der Waals surface area contributed by atoms with E-state index in [9.17, 15) is 13.6 Å². The van der Waals surface area contributed by atoms with Crippen LogP contribution in [0.5, 0.6) is 17.2 Å². The number of rotatable bonds is 7. The number of ketones is 1. The summed E-state index contributed by atoms with van der Waals surface area (Å²) in [6.45, 7) is -3.01. The maximum absolute atomic E-state index is 12.5. The maximum atomic E-state index is 12.5. The monoisotopic (exact) mass is 374 g/mol. The van der Waals surface area contributed by atoms with E-state index >= 15 is 0 Å². The van der Waals surface area contributed by atoms with Gasteiger partial charge in [-0.2, -0.15) is 8.78 Å².